The van der Waals surface area contributed by atoms with E-state index >= 15 is 0 Å². The van der Waals surface area contributed by atoms with E-state index in [0.717, 1.165) is 28.8 Å². The highest BCUT2D eigenvalue weighted by atomic mass is 79.9. The first-order chi connectivity index (χ1) is 9.04. The maximum Gasteiger partial charge on any atom is 0.139 e. The number of rotatable bonds is 7. The lowest BCUT2D eigenvalue weighted by Gasteiger charge is -2.21. The molecular formula is C15H24BrNO2. The molecule has 108 valence electrons. The Bertz CT molecular complexity index is 407. The van der Waals surface area contributed by atoms with Crippen molar-refractivity contribution in [2.24, 2.45) is 5.92 Å². The van der Waals surface area contributed by atoms with E-state index < -0.39 is 0 Å². The van der Waals surface area contributed by atoms with Crippen LogP contribution in [-0.2, 0) is 6.42 Å². The minimum Gasteiger partial charge on any atom is -0.495 e. The Morgan fingerprint density at radius 1 is 1.21 bits per heavy atom. The number of halogens is 1. The molecule has 0 radical (unpaired) electrons. The van der Waals surface area contributed by atoms with Gasteiger partial charge in [-0.3, -0.25) is 0 Å². The molecule has 0 aliphatic rings. The van der Waals surface area contributed by atoms with Crippen molar-refractivity contribution < 1.29 is 9.47 Å². The highest BCUT2D eigenvalue weighted by Gasteiger charge is 2.15. The Labute approximate surface area is 124 Å². The van der Waals surface area contributed by atoms with Crippen LogP contribution >= 0.6 is 15.9 Å². The first-order valence-corrected chi connectivity index (χ1v) is 7.41. The van der Waals surface area contributed by atoms with Crippen LogP contribution in [-0.4, -0.2) is 27.3 Å². The maximum atomic E-state index is 5.50. The number of hydrogen-bond donors (Lipinski definition) is 1. The van der Waals surface area contributed by atoms with Crippen LogP contribution in [0, 0.1) is 5.92 Å². The third kappa shape index (κ3) is 4.11. The molecule has 0 aromatic heterocycles. The number of ether oxygens (including phenoxy) is 2. The molecule has 3 nitrogen and oxygen atoms in total. The average molecular weight is 330 g/mol. The fourth-order valence-corrected chi connectivity index (χ4v) is 2.99. The van der Waals surface area contributed by atoms with Crippen LogP contribution < -0.4 is 14.8 Å². The first kappa shape index (κ1) is 16.3. The number of aryl methyl sites for hydroxylation is 1. The first-order valence-electron chi connectivity index (χ1n) is 6.61. The fraction of sp³-hybridized carbons (Fsp3) is 0.600. The molecule has 0 spiro atoms. The Balaban J connectivity index is 2.86. The lowest BCUT2D eigenvalue weighted by atomic mass is 9.96. The van der Waals surface area contributed by atoms with Crippen LogP contribution in [0.5, 0.6) is 11.5 Å². The molecule has 4 heteroatoms. The zero-order valence-electron chi connectivity index (χ0n) is 12.4. The summed E-state index contributed by atoms with van der Waals surface area (Å²) in [4.78, 5) is 0. The van der Waals surface area contributed by atoms with Crippen molar-refractivity contribution in [3.05, 3.63) is 22.2 Å². The van der Waals surface area contributed by atoms with E-state index in [0.29, 0.717) is 12.0 Å². The molecule has 0 bridgehead atoms. The van der Waals surface area contributed by atoms with E-state index in [1.807, 2.05) is 13.1 Å². The van der Waals surface area contributed by atoms with Gasteiger partial charge in [0.2, 0.25) is 0 Å². The molecule has 0 amide bonds. The number of hydrogen-bond acceptors (Lipinski definition) is 3. The Morgan fingerprint density at radius 2 is 1.89 bits per heavy atom. The van der Waals surface area contributed by atoms with E-state index in [2.05, 4.69) is 41.2 Å². The van der Waals surface area contributed by atoms with Gasteiger partial charge in [-0.15, -0.1) is 0 Å². The molecular weight excluding hydrogens is 306 g/mol. The lowest BCUT2D eigenvalue weighted by molar-refractivity contribution is 0.378. The van der Waals surface area contributed by atoms with Crippen LogP contribution in [0.3, 0.4) is 0 Å². The van der Waals surface area contributed by atoms with Crippen molar-refractivity contribution in [1.82, 2.24) is 5.32 Å². The predicted molar refractivity (Wildman–Crippen MR) is 83.3 cm³/mol. The molecule has 1 N–H and O–H groups in total. The molecule has 0 saturated carbocycles. The number of methoxy groups -OCH3 is 2. The number of benzene rings is 1. The van der Waals surface area contributed by atoms with E-state index in [1.54, 1.807) is 14.2 Å². The van der Waals surface area contributed by atoms with Crippen molar-refractivity contribution >= 4 is 15.9 Å². The third-order valence-corrected chi connectivity index (χ3v) is 4.22. The zero-order valence-corrected chi connectivity index (χ0v) is 14.0. The quantitative estimate of drug-likeness (QED) is 0.828. The van der Waals surface area contributed by atoms with Crippen LogP contribution in [0.4, 0.5) is 0 Å². The van der Waals surface area contributed by atoms with Gasteiger partial charge in [0.15, 0.2) is 0 Å². The van der Waals surface area contributed by atoms with Crippen LogP contribution in [0.15, 0.2) is 16.6 Å². The lowest BCUT2D eigenvalue weighted by Crippen LogP contribution is -2.31. The van der Waals surface area contributed by atoms with Crippen molar-refractivity contribution in [2.45, 2.75) is 32.7 Å². The molecule has 1 atom stereocenters. The van der Waals surface area contributed by atoms with Crippen molar-refractivity contribution in [1.29, 1.82) is 0 Å². The fourth-order valence-electron chi connectivity index (χ4n) is 2.28. The van der Waals surface area contributed by atoms with Crippen LogP contribution in [0.2, 0.25) is 0 Å². The molecule has 0 aliphatic heterocycles. The van der Waals surface area contributed by atoms with Gasteiger partial charge in [0.05, 0.1) is 14.2 Å². The summed E-state index contributed by atoms with van der Waals surface area (Å²) in [7, 11) is 5.38. The summed E-state index contributed by atoms with van der Waals surface area (Å²) in [6, 6.07) is 4.58. The van der Waals surface area contributed by atoms with Gasteiger partial charge >= 0.3 is 0 Å². The summed E-state index contributed by atoms with van der Waals surface area (Å²) in [6.07, 6.45) is 2.07. The third-order valence-electron chi connectivity index (χ3n) is 3.47. The molecule has 1 unspecified atom stereocenters. The molecule has 0 aliphatic carbocycles. The predicted octanol–water partition coefficient (Wildman–Crippen LogP) is 3.64. The summed E-state index contributed by atoms with van der Waals surface area (Å²) in [5, 5.41) is 3.37. The van der Waals surface area contributed by atoms with E-state index in [9.17, 15) is 0 Å². The largest absolute Gasteiger partial charge is 0.495 e. The van der Waals surface area contributed by atoms with Crippen LogP contribution in [0.1, 0.15) is 25.8 Å². The van der Waals surface area contributed by atoms with Gasteiger partial charge in [0.25, 0.3) is 0 Å². The molecule has 0 saturated heterocycles. The van der Waals surface area contributed by atoms with Gasteiger partial charge in [-0.05, 0) is 53.4 Å². The van der Waals surface area contributed by atoms with E-state index in [1.165, 1.54) is 5.56 Å². The summed E-state index contributed by atoms with van der Waals surface area (Å²) in [6.45, 7) is 4.48. The van der Waals surface area contributed by atoms with Crippen molar-refractivity contribution in [3.8, 4) is 11.5 Å². The van der Waals surface area contributed by atoms with Gasteiger partial charge in [0, 0.05) is 6.04 Å². The second kappa shape index (κ2) is 7.75. The molecule has 1 rings (SSSR count). The van der Waals surface area contributed by atoms with Gasteiger partial charge in [-0.1, -0.05) is 19.9 Å². The Morgan fingerprint density at radius 3 is 2.37 bits per heavy atom. The molecule has 1 aromatic rings. The SMILES string of the molecule is CNC(CCc1ccc(OC)c(Br)c1OC)C(C)C. The van der Waals surface area contributed by atoms with E-state index in [-0.39, 0.29) is 0 Å². The Kier molecular flexibility index (Phi) is 6.66. The Hall–Kier alpha value is -0.740. The highest BCUT2D eigenvalue weighted by Crippen LogP contribution is 2.37. The second-order valence-corrected chi connectivity index (χ2v) is 5.75. The van der Waals surface area contributed by atoms with Gasteiger partial charge in [-0.2, -0.15) is 0 Å². The normalized spacial score (nSPS) is 12.6. The summed E-state index contributed by atoms with van der Waals surface area (Å²) in [5.74, 6) is 2.30. The van der Waals surface area contributed by atoms with Crippen LogP contribution in [0.25, 0.3) is 0 Å². The molecule has 1 aromatic carbocycles. The van der Waals surface area contributed by atoms with Gasteiger partial charge in [-0.25, -0.2) is 0 Å². The molecule has 19 heavy (non-hydrogen) atoms. The summed E-state index contributed by atoms with van der Waals surface area (Å²) in [5.41, 5.74) is 1.20. The minimum atomic E-state index is 0.519. The minimum absolute atomic E-state index is 0.519. The summed E-state index contributed by atoms with van der Waals surface area (Å²) < 4.78 is 11.7. The monoisotopic (exact) mass is 329 g/mol. The van der Waals surface area contributed by atoms with Gasteiger partial charge in [0.1, 0.15) is 16.0 Å². The standard InChI is InChI=1S/C15H24BrNO2/c1-10(2)12(17-3)8-6-11-7-9-13(18-4)14(16)15(11)19-5/h7,9-10,12,17H,6,8H2,1-5H3. The van der Waals surface area contributed by atoms with Gasteiger partial charge < -0.3 is 14.8 Å². The number of nitrogens with one attached hydrogen (secondary N) is 1. The highest BCUT2D eigenvalue weighted by molar-refractivity contribution is 9.10. The molecule has 0 fully saturated rings. The average Bonchev–Trinajstić information content (AvgIpc) is 2.39. The van der Waals surface area contributed by atoms with Crippen molar-refractivity contribution in [2.75, 3.05) is 21.3 Å². The second-order valence-electron chi connectivity index (χ2n) is 4.95. The van der Waals surface area contributed by atoms with E-state index in [4.69, 9.17) is 9.47 Å². The topological polar surface area (TPSA) is 30.5 Å². The zero-order chi connectivity index (χ0) is 14.4. The smallest absolute Gasteiger partial charge is 0.139 e. The van der Waals surface area contributed by atoms with Crippen molar-refractivity contribution in [3.63, 3.8) is 0 Å². The molecule has 0 heterocycles. The maximum absolute atomic E-state index is 5.50. The summed E-state index contributed by atoms with van der Waals surface area (Å²) >= 11 is 3.54.